The Hall–Kier alpha value is -0.610. The fraction of sp³-hybridized carbons (Fsp3) is 0.923. The number of nitrogens with zero attached hydrogens (tertiary/aromatic N) is 1. The second kappa shape index (κ2) is 7.67. The predicted octanol–water partition coefficient (Wildman–Crippen LogP) is 0.833. The predicted molar refractivity (Wildman–Crippen MR) is 71.0 cm³/mol. The van der Waals surface area contributed by atoms with Gasteiger partial charge in [-0.2, -0.15) is 0 Å². The van der Waals surface area contributed by atoms with Gasteiger partial charge in [0.2, 0.25) is 5.91 Å². The zero-order chi connectivity index (χ0) is 12.7. The molecule has 1 aliphatic rings. The van der Waals surface area contributed by atoms with E-state index in [0.717, 1.165) is 25.6 Å². The standard InChI is InChI=1S/C13H27N3O/c1-4-16-9-5-6-13(10-16)11(2)14-7-8-15-12(3)17/h11,13-14H,4-10H2,1-3H3,(H,15,17). The third-order valence-corrected chi connectivity index (χ3v) is 3.66. The molecule has 0 radical (unpaired) electrons. The molecule has 1 aliphatic heterocycles. The molecule has 2 N–H and O–H groups in total. The van der Waals surface area contributed by atoms with E-state index in [1.165, 1.54) is 25.9 Å². The summed E-state index contributed by atoms with van der Waals surface area (Å²) in [5, 5.41) is 6.32. The summed E-state index contributed by atoms with van der Waals surface area (Å²) in [5.41, 5.74) is 0. The van der Waals surface area contributed by atoms with Crippen molar-refractivity contribution >= 4 is 5.91 Å². The Bertz CT molecular complexity index is 233. The molecule has 0 aromatic rings. The number of hydrogen-bond donors (Lipinski definition) is 2. The first-order chi connectivity index (χ1) is 8.13. The van der Waals surface area contributed by atoms with Crippen LogP contribution in [0.5, 0.6) is 0 Å². The smallest absolute Gasteiger partial charge is 0.216 e. The summed E-state index contributed by atoms with van der Waals surface area (Å²) in [6, 6.07) is 0.540. The van der Waals surface area contributed by atoms with Gasteiger partial charge in [0.05, 0.1) is 0 Å². The van der Waals surface area contributed by atoms with E-state index < -0.39 is 0 Å². The highest BCUT2D eigenvalue weighted by Gasteiger charge is 2.23. The van der Waals surface area contributed by atoms with Crippen LogP contribution in [0.2, 0.25) is 0 Å². The van der Waals surface area contributed by atoms with Gasteiger partial charge in [0.25, 0.3) is 0 Å². The molecule has 100 valence electrons. The summed E-state index contributed by atoms with van der Waals surface area (Å²) in [4.78, 5) is 13.3. The topological polar surface area (TPSA) is 44.4 Å². The van der Waals surface area contributed by atoms with Crippen molar-refractivity contribution in [2.24, 2.45) is 5.92 Å². The monoisotopic (exact) mass is 241 g/mol. The van der Waals surface area contributed by atoms with Crippen LogP contribution in [-0.2, 0) is 4.79 Å². The maximum atomic E-state index is 10.7. The molecule has 0 bridgehead atoms. The Morgan fingerprint density at radius 1 is 1.47 bits per heavy atom. The molecule has 2 atom stereocenters. The average Bonchev–Trinajstić information content (AvgIpc) is 2.34. The molecule has 0 aliphatic carbocycles. The van der Waals surface area contributed by atoms with Gasteiger partial charge < -0.3 is 15.5 Å². The van der Waals surface area contributed by atoms with Crippen molar-refractivity contribution in [2.75, 3.05) is 32.7 Å². The highest BCUT2D eigenvalue weighted by atomic mass is 16.1. The van der Waals surface area contributed by atoms with Crippen molar-refractivity contribution in [1.82, 2.24) is 15.5 Å². The second-order valence-electron chi connectivity index (χ2n) is 5.02. The van der Waals surface area contributed by atoms with Crippen LogP contribution in [0.3, 0.4) is 0 Å². The summed E-state index contributed by atoms with van der Waals surface area (Å²) in [7, 11) is 0. The number of likely N-dealkylation sites (tertiary alicyclic amines) is 1. The van der Waals surface area contributed by atoms with Crippen LogP contribution in [0.25, 0.3) is 0 Å². The summed E-state index contributed by atoms with van der Waals surface area (Å²) in [5.74, 6) is 0.801. The first kappa shape index (κ1) is 14.5. The van der Waals surface area contributed by atoms with E-state index in [2.05, 4.69) is 29.4 Å². The van der Waals surface area contributed by atoms with Gasteiger partial charge in [0, 0.05) is 32.6 Å². The zero-order valence-electron chi connectivity index (χ0n) is 11.5. The van der Waals surface area contributed by atoms with Crippen molar-refractivity contribution in [3.8, 4) is 0 Å². The molecular weight excluding hydrogens is 214 g/mol. The molecule has 2 unspecified atom stereocenters. The summed E-state index contributed by atoms with van der Waals surface area (Å²) < 4.78 is 0. The summed E-state index contributed by atoms with van der Waals surface area (Å²) >= 11 is 0. The van der Waals surface area contributed by atoms with Crippen LogP contribution in [0.4, 0.5) is 0 Å². The molecule has 4 heteroatoms. The summed E-state index contributed by atoms with van der Waals surface area (Å²) in [6.45, 7) is 11.3. The van der Waals surface area contributed by atoms with Crippen LogP contribution in [0.1, 0.15) is 33.6 Å². The van der Waals surface area contributed by atoms with E-state index >= 15 is 0 Å². The zero-order valence-corrected chi connectivity index (χ0v) is 11.5. The number of piperidine rings is 1. The quantitative estimate of drug-likeness (QED) is 0.677. The van der Waals surface area contributed by atoms with E-state index in [0.29, 0.717) is 6.04 Å². The number of carbonyl (C=O) groups is 1. The molecule has 1 rings (SSSR count). The van der Waals surface area contributed by atoms with Gasteiger partial charge in [-0.1, -0.05) is 6.92 Å². The molecule has 1 heterocycles. The maximum absolute atomic E-state index is 10.7. The van der Waals surface area contributed by atoms with Crippen LogP contribution in [-0.4, -0.2) is 49.6 Å². The Labute approximate surface area is 105 Å². The average molecular weight is 241 g/mol. The second-order valence-corrected chi connectivity index (χ2v) is 5.02. The normalized spacial score (nSPS) is 23.4. The Morgan fingerprint density at radius 2 is 2.24 bits per heavy atom. The highest BCUT2D eigenvalue weighted by Crippen LogP contribution is 2.19. The van der Waals surface area contributed by atoms with Gasteiger partial charge >= 0.3 is 0 Å². The van der Waals surface area contributed by atoms with E-state index in [1.54, 1.807) is 6.92 Å². The van der Waals surface area contributed by atoms with Gasteiger partial charge in [-0.3, -0.25) is 4.79 Å². The minimum absolute atomic E-state index is 0.0503. The van der Waals surface area contributed by atoms with Crippen LogP contribution >= 0.6 is 0 Å². The van der Waals surface area contributed by atoms with E-state index in [9.17, 15) is 4.79 Å². The molecule has 0 aromatic carbocycles. The van der Waals surface area contributed by atoms with Crippen molar-refractivity contribution in [1.29, 1.82) is 0 Å². The van der Waals surface area contributed by atoms with Crippen molar-refractivity contribution in [3.05, 3.63) is 0 Å². The molecule has 0 saturated carbocycles. The van der Waals surface area contributed by atoms with E-state index in [-0.39, 0.29) is 5.91 Å². The maximum Gasteiger partial charge on any atom is 0.216 e. The van der Waals surface area contributed by atoms with Crippen LogP contribution in [0.15, 0.2) is 0 Å². The molecule has 1 amide bonds. The van der Waals surface area contributed by atoms with Gasteiger partial charge in [-0.25, -0.2) is 0 Å². The van der Waals surface area contributed by atoms with Crippen molar-refractivity contribution in [2.45, 2.75) is 39.7 Å². The lowest BCUT2D eigenvalue weighted by Gasteiger charge is -2.35. The minimum atomic E-state index is 0.0503. The lowest BCUT2D eigenvalue weighted by molar-refractivity contribution is -0.118. The highest BCUT2D eigenvalue weighted by molar-refractivity contribution is 5.72. The lowest BCUT2D eigenvalue weighted by atomic mass is 9.91. The van der Waals surface area contributed by atoms with Crippen molar-refractivity contribution < 1.29 is 4.79 Å². The number of carbonyl (C=O) groups excluding carboxylic acids is 1. The van der Waals surface area contributed by atoms with Gasteiger partial charge in [0.1, 0.15) is 0 Å². The lowest BCUT2D eigenvalue weighted by Crippen LogP contribution is -2.45. The molecule has 17 heavy (non-hydrogen) atoms. The molecule has 1 saturated heterocycles. The minimum Gasteiger partial charge on any atom is -0.355 e. The SMILES string of the molecule is CCN1CCCC(C(C)NCCNC(C)=O)C1. The molecule has 1 fully saturated rings. The first-order valence-corrected chi connectivity index (χ1v) is 6.83. The van der Waals surface area contributed by atoms with Gasteiger partial charge in [0.15, 0.2) is 0 Å². The molecule has 4 nitrogen and oxygen atoms in total. The largest absolute Gasteiger partial charge is 0.355 e. The molecule has 0 spiro atoms. The van der Waals surface area contributed by atoms with Crippen LogP contribution in [0, 0.1) is 5.92 Å². The third kappa shape index (κ3) is 5.50. The van der Waals surface area contributed by atoms with Crippen molar-refractivity contribution in [3.63, 3.8) is 0 Å². The number of nitrogens with one attached hydrogen (secondary N) is 2. The Kier molecular flexibility index (Phi) is 6.52. The first-order valence-electron chi connectivity index (χ1n) is 6.83. The number of rotatable bonds is 6. The number of amides is 1. The van der Waals surface area contributed by atoms with Gasteiger partial charge in [-0.15, -0.1) is 0 Å². The molecular formula is C13H27N3O. The van der Waals surface area contributed by atoms with Gasteiger partial charge in [-0.05, 0) is 38.8 Å². The third-order valence-electron chi connectivity index (χ3n) is 3.66. The number of hydrogen-bond acceptors (Lipinski definition) is 3. The molecule has 0 aromatic heterocycles. The van der Waals surface area contributed by atoms with E-state index in [1.807, 2.05) is 0 Å². The summed E-state index contributed by atoms with van der Waals surface area (Å²) in [6.07, 6.45) is 2.64. The fourth-order valence-electron chi connectivity index (χ4n) is 2.49. The van der Waals surface area contributed by atoms with E-state index in [4.69, 9.17) is 0 Å². The Balaban J connectivity index is 2.17. The fourth-order valence-corrected chi connectivity index (χ4v) is 2.49. The Morgan fingerprint density at radius 3 is 2.88 bits per heavy atom. The van der Waals surface area contributed by atoms with Crippen LogP contribution < -0.4 is 10.6 Å².